The van der Waals surface area contributed by atoms with Crippen molar-refractivity contribution in [1.29, 1.82) is 0 Å². The van der Waals surface area contributed by atoms with Crippen molar-refractivity contribution in [1.82, 2.24) is 5.32 Å². The minimum Gasteiger partial charge on any atom is -0.493 e. The quantitative estimate of drug-likeness (QED) is 0.863. The summed E-state index contributed by atoms with van der Waals surface area (Å²) in [7, 11) is 3.33. The molecule has 2 rings (SSSR count). The number of methoxy groups -OCH3 is 2. The van der Waals surface area contributed by atoms with Crippen molar-refractivity contribution < 1.29 is 9.47 Å². The number of rotatable bonds is 6. The lowest BCUT2D eigenvalue weighted by molar-refractivity contribution is 0.354. The van der Waals surface area contributed by atoms with Crippen LogP contribution in [0.4, 0.5) is 0 Å². The maximum atomic E-state index is 5.33. The van der Waals surface area contributed by atoms with Crippen LogP contribution in [0.25, 0.3) is 0 Å². The summed E-state index contributed by atoms with van der Waals surface area (Å²) in [6.45, 7) is 11.4. The van der Waals surface area contributed by atoms with Crippen LogP contribution in [-0.2, 0) is 6.54 Å². The number of nitrogens with one attached hydrogen (secondary N) is 1. The van der Waals surface area contributed by atoms with E-state index in [1.54, 1.807) is 14.2 Å². The van der Waals surface area contributed by atoms with Crippen molar-refractivity contribution in [2.45, 2.75) is 34.2 Å². The average Bonchev–Trinajstić information content (AvgIpc) is 2.80. The zero-order valence-corrected chi connectivity index (χ0v) is 13.5. The van der Waals surface area contributed by atoms with Crippen molar-refractivity contribution in [3.8, 4) is 11.5 Å². The van der Waals surface area contributed by atoms with Crippen LogP contribution in [0.1, 0.15) is 33.3 Å². The monoisotopic (exact) mass is 277 g/mol. The van der Waals surface area contributed by atoms with Crippen LogP contribution < -0.4 is 14.8 Å². The molecule has 0 unspecified atom stereocenters. The summed E-state index contributed by atoms with van der Waals surface area (Å²) >= 11 is 0. The maximum absolute atomic E-state index is 5.33. The third-order valence-corrected chi connectivity index (χ3v) is 5.45. The fourth-order valence-corrected chi connectivity index (χ4v) is 3.19. The Morgan fingerprint density at radius 1 is 1.00 bits per heavy atom. The van der Waals surface area contributed by atoms with E-state index in [9.17, 15) is 0 Å². The molecule has 1 aromatic carbocycles. The second kappa shape index (κ2) is 5.28. The summed E-state index contributed by atoms with van der Waals surface area (Å²) in [5.74, 6) is 2.31. The average molecular weight is 277 g/mol. The number of hydrogen-bond donors (Lipinski definition) is 1. The third kappa shape index (κ3) is 2.51. The Labute approximate surface area is 122 Å². The van der Waals surface area contributed by atoms with Gasteiger partial charge in [-0.05, 0) is 41.0 Å². The minimum atomic E-state index is 0.442. The molecule has 20 heavy (non-hydrogen) atoms. The molecule has 1 aliphatic carbocycles. The molecule has 0 radical (unpaired) electrons. The molecule has 0 heterocycles. The van der Waals surface area contributed by atoms with Crippen LogP contribution in [0.3, 0.4) is 0 Å². The highest BCUT2D eigenvalue weighted by atomic mass is 16.5. The molecule has 3 nitrogen and oxygen atoms in total. The van der Waals surface area contributed by atoms with Gasteiger partial charge in [0.25, 0.3) is 0 Å². The first-order valence-electron chi connectivity index (χ1n) is 7.26. The lowest BCUT2D eigenvalue weighted by Gasteiger charge is -2.10. The van der Waals surface area contributed by atoms with Crippen LogP contribution in [0.15, 0.2) is 18.2 Å². The summed E-state index contributed by atoms with van der Waals surface area (Å²) in [6, 6.07) is 6.08. The summed E-state index contributed by atoms with van der Waals surface area (Å²) in [4.78, 5) is 0. The lowest BCUT2D eigenvalue weighted by Crippen LogP contribution is -2.18. The Morgan fingerprint density at radius 3 is 2.10 bits per heavy atom. The Morgan fingerprint density at radius 2 is 1.60 bits per heavy atom. The van der Waals surface area contributed by atoms with Gasteiger partial charge in [0.05, 0.1) is 14.2 Å². The SMILES string of the molecule is COc1ccc(CNCC2C(C)(C)C2(C)C)cc1OC. The first kappa shape index (κ1) is 15.2. The fraction of sp³-hybridized carbons (Fsp3) is 0.647. The summed E-state index contributed by atoms with van der Waals surface area (Å²) in [5, 5.41) is 3.57. The van der Waals surface area contributed by atoms with Crippen LogP contribution in [-0.4, -0.2) is 20.8 Å². The summed E-state index contributed by atoms with van der Waals surface area (Å²) in [6.07, 6.45) is 0. The van der Waals surface area contributed by atoms with E-state index in [0.29, 0.717) is 10.8 Å². The Kier molecular flexibility index (Phi) is 4.01. The molecule has 1 N–H and O–H groups in total. The molecule has 0 saturated heterocycles. The van der Waals surface area contributed by atoms with E-state index in [1.807, 2.05) is 12.1 Å². The van der Waals surface area contributed by atoms with Crippen molar-refractivity contribution in [3.63, 3.8) is 0 Å². The van der Waals surface area contributed by atoms with Gasteiger partial charge >= 0.3 is 0 Å². The van der Waals surface area contributed by atoms with E-state index in [2.05, 4.69) is 39.1 Å². The van der Waals surface area contributed by atoms with E-state index >= 15 is 0 Å². The van der Waals surface area contributed by atoms with Crippen molar-refractivity contribution in [2.24, 2.45) is 16.7 Å². The molecule has 1 saturated carbocycles. The van der Waals surface area contributed by atoms with Gasteiger partial charge in [-0.15, -0.1) is 0 Å². The first-order valence-corrected chi connectivity index (χ1v) is 7.26. The number of hydrogen-bond acceptors (Lipinski definition) is 3. The van der Waals surface area contributed by atoms with Crippen LogP contribution >= 0.6 is 0 Å². The number of ether oxygens (including phenoxy) is 2. The summed E-state index contributed by atoms with van der Waals surface area (Å²) in [5.41, 5.74) is 2.11. The van der Waals surface area contributed by atoms with Gasteiger partial charge in [-0.25, -0.2) is 0 Å². The van der Waals surface area contributed by atoms with Gasteiger partial charge < -0.3 is 14.8 Å². The predicted molar refractivity (Wildman–Crippen MR) is 82.3 cm³/mol. The van der Waals surface area contributed by atoms with Crippen LogP contribution in [0.2, 0.25) is 0 Å². The fourth-order valence-electron chi connectivity index (χ4n) is 3.19. The van der Waals surface area contributed by atoms with Crippen LogP contribution in [0, 0.1) is 16.7 Å². The topological polar surface area (TPSA) is 30.5 Å². The van der Waals surface area contributed by atoms with Crippen molar-refractivity contribution in [3.05, 3.63) is 23.8 Å². The normalized spacial score (nSPS) is 19.7. The van der Waals surface area contributed by atoms with E-state index < -0.39 is 0 Å². The molecular formula is C17H27NO2. The third-order valence-electron chi connectivity index (χ3n) is 5.45. The van der Waals surface area contributed by atoms with Gasteiger partial charge in [-0.2, -0.15) is 0 Å². The Balaban J connectivity index is 1.89. The van der Waals surface area contributed by atoms with Crippen LogP contribution in [0.5, 0.6) is 11.5 Å². The maximum Gasteiger partial charge on any atom is 0.161 e. The minimum absolute atomic E-state index is 0.442. The molecule has 0 aromatic heterocycles. The highest BCUT2D eigenvalue weighted by Crippen LogP contribution is 2.67. The van der Waals surface area contributed by atoms with Crippen molar-refractivity contribution in [2.75, 3.05) is 20.8 Å². The molecule has 0 aliphatic heterocycles. The Bertz CT molecular complexity index is 466. The Hall–Kier alpha value is -1.22. The molecule has 0 bridgehead atoms. The predicted octanol–water partition coefficient (Wildman–Crippen LogP) is 3.48. The van der Waals surface area contributed by atoms with Gasteiger partial charge in [-0.1, -0.05) is 33.8 Å². The van der Waals surface area contributed by atoms with Crippen molar-refractivity contribution >= 4 is 0 Å². The standard InChI is InChI=1S/C17H27NO2/c1-16(2)15(17(16,3)4)11-18-10-12-7-8-13(19-5)14(9-12)20-6/h7-9,15,18H,10-11H2,1-6H3. The zero-order chi connectivity index (χ0) is 15.0. The molecule has 1 aliphatic rings. The highest BCUT2D eigenvalue weighted by Gasteiger charge is 2.63. The van der Waals surface area contributed by atoms with E-state index in [-0.39, 0.29) is 0 Å². The van der Waals surface area contributed by atoms with Gasteiger partial charge in [0, 0.05) is 6.54 Å². The van der Waals surface area contributed by atoms with E-state index in [0.717, 1.165) is 30.5 Å². The first-order chi connectivity index (χ1) is 9.34. The molecule has 1 fully saturated rings. The smallest absolute Gasteiger partial charge is 0.161 e. The highest BCUT2D eigenvalue weighted by molar-refractivity contribution is 5.42. The van der Waals surface area contributed by atoms with E-state index in [1.165, 1.54) is 5.56 Å². The molecule has 0 amide bonds. The molecule has 0 spiro atoms. The van der Waals surface area contributed by atoms with Gasteiger partial charge in [0.1, 0.15) is 0 Å². The van der Waals surface area contributed by atoms with E-state index in [4.69, 9.17) is 9.47 Å². The second-order valence-electron chi connectivity index (χ2n) is 6.82. The second-order valence-corrected chi connectivity index (χ2v) is 6.82. The largest absolute Gasteiger partial charge is 0.493 e. The molecule has 1 aromatic rings. The van der Waals surface area contributed by atoms with Gasteiger partial charge in [0.15, 0.2) is 11.5 Å². The summed E-state index contributed by atoms with van der Waals surface area (Å²) < 4.78 is 10.6. The molecule has 3 heteroatoms. The lowest BCUT2D eigenvalue weighted by atomic mass is 10.0. The molecule has 112 valence electrons. The van der Waals surface area contributed by atoms with Gasteiger partial charge in [-0.3, -0.25) is 0 Å². The molecular weight excluding hydrogens is 250 g/mol. The van der Waals surface area contributed by atoms with Gasteiger partial charge in [0.2, 0.25) is 0 Å². The zero-order valence-electron chi connectivity index (χ0n) is 13.5. The molecule has 0 atom stereocenters. The number of benzene rings is 1.